The van der Waals surface area contributed by atoms with E-state index in [9.17, 15) is 4.79 Å². The van der Waals surface area contributed by atoms with Gasteiger partial charge in [-0.3, -0.25) is 4.79 Å². The van der Waals surface area contributed by atoms with E-state index in [-0.39, 0.29) is 5.91 Å². The van der Waals surface area contributed by atoms with Crippen LogP contribution >= 0.6 is 0 Å². The van der Waals surface area contributed by atoms with Gasteiger partial charge in [-0.15, -0.1) is 0 Å². The van der Waals surface area contributed by atoms with Gasteiger partial charge in [0, 0.05) is 17.7 Å². The highest BCUT2D eigenvalue weighted by atomic mass is 16.5. The molecule has 1 amide bonds. The minimum Gasteiger partial charge on any atom is -0.490 e. The van der Waals surface area contributed by atoms with Crippen LogP contribution in [0.2, 0.25) is 0 Å². The summed E-state index contributed by atoms with van der Waals surface area (Å²) in [4.78, 5) is 14.8. The Morgan fingerprint density at radius 1 is 0.903 bits per heavy atom. The van der Waals surface area contributed by atoms with Gasteiger partial charge in [0.25, 0.3) is 5.91 Å². The highest BCUT2D eigenvalue weighted by molar-refractivity contribution is 6.35. The number of amides is 1. The Hall–Kier alpha value is -3.53. The molecule has 158 valence electrons. The number of ether oxygens (including phenoxy) is 2. The normalized spacial score (nSPS) is 14.1. The fourth-order valence-electron chi connectivity index (χ4n) is 3.77. The Morgan fingerprint density at radius 3 is 2.42 bits per heavy atom. The van der Waals surface area contributed by atoms with Crippen LogP contribution in [0.4, 0.5) is 5.69 Å². The summed E-state index contributed by atoms with van der Waals surface area (Å²) in [7, 11) is 0. The number of hydrogen-bond donors (Lipinski definition) is 0. The van der Waals surface area contributed by atoms with Crippen molar-refractivity contribution in [3.8, 4) is 11.5 Å². The molecular weight excluding hydrogens is 386 g/mol. The second kappa shape index (κ2) is 9.09. The first-order valence-corrected chi connectivity index (χ1v) is 10.7. The summed E-state index contributed by atoms with van der Waals surface area (Å²) in [6, 6.07) is 22.0. The smallest absolute Gasteiger partial charge is 0.258 e. The lowest BCUT2D eigenvalue weighted by Gasteiger charge is -2.14. The van der Waals surface area contributed by atoms with Gasteiger partial charge in [0.2, 0.25) is 0 Å². The maximum Gasteiger partial charge on any atom is 0.258 e. The standard InChI is InChI=1S/C27H27NO3/c1-4-28-24-9-7-6-8-22(24)23(27(28)29)16-21-14-15-25(26(17-21)30-5-2)31-18-20-12-10-19(3)11-13-20/h6-17H,4-5,18H2,1-3H3/b23-16-. The van der Waals surface area contributed by atoms with Crippen LogP contribution in [0, 0.1) is 6.92 Å². The molecule has 31 heavy (non-hydrogen) atoms. The number of para-hydroxylation sites is 1. The van der Waals surface area contributed by atoms with Gasteiger partial charge in [0.05, 0.1) is 12.3 Å². The Morgan fingerprint density at radius 2 is 1.68 bits per heavy atom. The second-order valence-corrected chi connectivity index (χ2v) is 7.54. The number of rotatable bonds is 7. The molecule has 1 aliphatic rings. The zero-order valence-corrected chi connectivity index (χ0v) is 18.2. The van der Waals surface area contributed by atoms with Gasteiger partial charge in [-0.1, -0.05) is 54.1 Å². The number of carbonyl (C=O) groups is 1. The molecule has 4 rings (SSSR count). The number of fused-ring (bicyclic) bond motifs is 1. The molecule has 0 unspecified atom stereocenters. The molecule has 0 atom stereocenters. The molecule has 0 radical (unpaired) electrons. The molecule has 0 aliphatic carbocycles. The summed E-state index contributed by atoms with van der Waals surface area (Å²) in [5, 5.41) is 0. The summed E-state index contributed by atoms with van der Waals surface area (Å²) in [6.45, 7) is 7.65. The van der Waals surface area contributed by atoms with Crippen LogP contribution in [-0.4, -0.2) is 19.1 Å². The van der Waals surface area contributed by atoms with Gasteiger partial charge in [0.1, 0.15) is 6.61 Å². The molecular formula is C27H27NO3. The Kier molecular flexibility index (Phi) is 6.08. The first-order valence-electron chi connectivity index (χ1n) is 10.7. The quantitative estimate of drug-likeness (QED) is 0.454. The molecule has 0 saturated heterocycles. The predicted molar refractivity (Wildman–Crippen MR) is 125 cm³/mol. The molecule has 3 aromatic carbocycles. The van der Waals surface area contributed by atoms with Crippen LogP contribution in [0.5, 0.6) is 11.5 Å². The second-order valence-electron chi connectivity index (χ2n) is 7.54. The zero-order valence-electron chi connectivity index (χ0n) is 18.2. The monoisotopic (exact) mass is 413 g/mol. The first-order chi connectivity index (χ1) is 15.1. The molecule has 0 bridgehead atoms. The summed E-state index contributed by atoms with van der Waals surface area (Å²) in [6.07, 6.45) is 1.93. The van der Waals surface area contributed by atoms with Crippen LogP contribution in [0.15, 0.2) is 66.7 Å². The van der Waals surface area contributed by atoms with Crippen LogP contribution in [0.1, 0.15) is 36.1 Å². The molecule has 1 aliphatic heterocycles. The van der Waals surface area contributed by atoms with Gasteiger partial charge in [-0.25, -0.2) is 0 Å². The van der Waals surface area contributed by atoms with E-state index in [1.807, 2.05) is 67.3 Å². The van der Waals surface area contributed by atoms with E-state index in [1.54, 1.807) is 0 Å². The average Bonchev–Trinajstić information content (AvgIpc) is 3.05. The van der Waals surface area contributed by atoms with Crippen LogP contribution in [-0.2, 0) is 11.4 Å². The van der Waals surface area contributed by atoms with Crippen molar-refractivity contribution in [1.82, 2.24) is 0 Å². The van der Waals surface area contributed by atoms with Crippen molar-refractivity contribution in [2.24, 2.45) is 0 Å². The third-order valence-electron chi connectivity index (χ3n) is 5.37. The van der Waals surface area contributed by atoms with Crippen LogP contribution in [0.25, 0.3) is 11.6 Å². The van der Waals surface area contributed by atoms with Crippen molar-refractivity contribution >= 4 is 23.2 Å². The molecule has 0 aromatic heterocycles. The maximum absolute atomic E-state index is 13.0. The molecule has 0 saturated carbocycles. The Bertz CT molecular complexity index is 1120. The number of aryl methyl sites for hydroxylation is 1. The van der Waals surface area contributed by atoms with E-state index < -0.39 is 0 Å². The van der Waals surface area contributed by atoms with Crippen LogP contribution in [0.3, 0.4) is 0 Å². The van der Waals surface area contributed by atoms with E-state index >= 15 is 0 Å². The fourth-order valence-corrected chi connectivity index (χ4v) is 3.77. The average molecular weight is 414 g/mol. The van der Waals surface area contributed by atoms with Crippen molar-refractivity contribution in [1.29, 1.82) is 0 Å². The molecule has 0 fully saturated rings. The lowest BCUT2D eigenvalue weighted by atomic mass is 10.0. The predicted octanol–water partition coefficient (Wildman–Crippen LogP) is 5.88. The van der Waals surface area contributed by atoms with Gasteiger partial charge >= 0.3 is 0 Å². The third-order valence-corrected chi connectivity index (χ3v) is 5.37. The summed E-state index contributed by atoms with van der Waals surface area (Å²) in [5.41, 5.74) is 5.86. The number of carbonyl (C=O) groups excluding carboxylic acids is 1. The van der Waals surface area contributed by atoms with Gasteiger partial charge in [0.15, 0.2) is 11.5 Å². The van der Waals surface area contributed by atoms with E-state index in [4.69, 9.17) is 9.47 Å². The number of hydrogen-bond acceptors (Lipinski definition) is 3. The van der Waals surface area contributed by atoms with Crippen molar-refractivity contribution in [2.75, 3.05) is 18.1 Å². The molecule has 4 heteroatoms. The number of likely N-dealkylation sites (N-methyl/N-ethyl adjacent to an activating group) is 1. The summed E-state index contributed by atoms with van der Waals surface area (Å²) < 4.78 is 11.9. The molecule has 0 spiro atoms. The fraction of sp³-hybridized carbons (Fsp3) is 0.222. The van der Waals surface area contributed by atoms with E-state index in [2.05, 4.69) is 31.2 Å². The van der Waals surface area contributed by atoms with Crippen molar-refractivity contribution in [2.45, 2.75) is 27.4 Å². The SMILES string of the molecule is CCOc1cc(/C=C2\C(=O)N(CC)c3ccccc32)ccc1OCc1ccc(C)cc1. The number of anilines is 1. The van der Waals surface area contributed by atoms with Crippen molar-refractivity contribution in [3.05, 3.63) is 89.0 Å². The maximum atomic E-state index is 13.0. The van der Waals surface area contributed by atoms with Gasteiger partial charge < -0.3 is 14.4 Å². The lowest BCUT2D eigenvalue weighted by Crippen LogP contribution is -2.25. The van der Waals surface area contributed by atoms with Gasteiger partial charge in [-0.05, 0) is 56.2 Å². The topological polar surface area (TPSA) is 38.8 Å². The zero-order chi connectivity index (χ0) is 21.8. The van der Waals surface area contributed by atoms with E-state index in [0.29, 0.717) is 36.8 Å². The van der Waals surface area contributed by atoms with Crippen LogP contribution < -0.4 is 14.4 Å². The number of nitrogens with zero attached hydrogens (tertiary/aromatic N) is 1. The highest BCUT2D eigenvalue weighted by Gasteiger charge is 2.30. The Labute approximate surface area is 183 Å². The highest BCUT2D eigenvalue weighted by Crippen LogP contribution is 2.38. The van der Waals surface area contributed by atoms with Crippen molar-refractivity contribution < 1.29 is 14.3 Å². The molecule has 0 N–H and O–H groups in total. The molecule has 3 aromatic rings. The minimum absolute atomic E-state index is 0.0290. The van der Waals surface area contributed by atoms with E-state index in [1.165, 1.54) is 5.56 Å². The minimum atomic E-state index is 0.0290. The van der Waals surface area contributed by atoms with E-state index in [0.717, 1.165) is 22.4 Å². The third kappa shape index (κ3) is 4.33. The van der Waals surface area contributed by atoms with Gasteiger partial charge in [-0.2, -0.15) is 0 Å². The number of benzene rings is 3. The van der Waals surface area contributed by atoms with Crippen molar-refractivity contribution in [3.63, 3.8) is 0 Å². The molecule has 4 nitrogen and oxygen atoms in total. The Balaban J connectivity index is 1.62. The molecule has 1 heterocycles. The largest absolute Gasteiger partial charge is 0.490 e. The summed E-state index contributed by atoms with van der Waals surface area (Å²) >= 11 is 0. The lowest BCUT2D eigenvalue weighted by molar-refractivity contribution is -0.112. The summed E-state index contributed by atoms with van der Waals surface area (Å²) in [5.74, 6) is 1.40. The first kappa shape index (κ1) is 20.7.